The van der Waals surface area contributed by atoms with Crippen LogP contribution in [-0.2, 0) is 14.3 Å². The molecule has 2 amide bonds. The standard InChI is InChI=1S/C23H40N2O3/c1-17(14-22(5,6)25-19(26)9-10-20(25)27)13-18-15-24(11-12-28-18)23(7,8)16-21(2,3)4/h9-10,17-18H,11-16H2,1-8H3/t17-,18?/m0/s1. The maximum Gasteiger partial charge on any atom is 0.254 e. The molecule has 1 fully saturated rings. The summed E-state index contributed by atoms with van der Waals surface area (Å²) in [5.74, 6) is -0.0516. The molecule has 28 heavy (non-hydrogen) atoms. The molecule has 0 aromatic heterocycles. The van der Waals surface area contributed by atoms with Crippen molar-refractivity contribution >= 4 is 11.8 Å². The first-order valence-electron chi connectivity index (χ1n) is 10.6. The zero-order chi connectivity index (χ0) is 21.3. The van der Waals surface area contributed by atoms with Gasteiger partial charge in [0.05, 0.1) is 12.7 Å². The predicted molar refractivity (Wildman–Crippen MR) is 113 cm³/mol. The second-order valence-electron chi connectivity index (χ2n) is 11.2. The summed E-state index contributed by atoms with van der Waals surface area (Å²) in [6.45, 7) is 20.4. The van der Waals surface area contributed by atoms with Gasteiger partial charge in [0.1, 0.15) is 0 Å². The SMILES string of the molecule is C[C@@H](CC1CN(C(C)(C)CC(C)(C)C)CCO1)CC(C)(C)N1C(=O)C=CC1=O. The van der Waals surface area contributed by atoms with Crippen molar-refractivity contribution in [3.05, 3.63) is 12.2 Å². The third-order valence-corrected chi connectivity index (χ3v) is 5.89. The van der Waals surface area contributed by atoms with Crippen LogP contribution in [0.1, 0.15) is 74.7 Å². The molecule has 1 saturated heterocycles. The van der Waals surface area contributed by atoms with Crippen LogP contribution < -0.4 is 0 Å². The molecule has 0 bridgehead atoms. The molecule has 5 nitrogen and oxygen atoms in total. The van der Waals surface area contributed by atoms with Crippen LogP contribution in [-0.4, -0.2) is 58.5 Å². The average molecular weight is 393 g/mol. The third kappa shape index (κ3) is 5.90. The van der Waals surface area contributed by atoms with Crippen LogP contribution in [0.2, 0.25) is 0 Å². The number of imide groups is 1. The van der Waals surface area contributed by atoms with Crippen molar-refractivity contribution in [3.63, 3.8) is 0 Å². The van der Waals surface area contributed by atoms with E-state index in [1.807, 2.05) is 13.8 Å². The number of carbonyl (C=O) groups excluding carboxylic acids is 2. The van der Waals surface area contributed by atoms with Crippen molar-refractivity contribution in [2.24, 2.45) is 11.3 Å². The van der Waals surface area contributed by atoms with Gasteiger partial charge in [0.25, 0.3) is 11.8 Å². The summed E-state index contributed by atoms with van der Waals surface area (Å²) in [5, 5.41) is 0. The van der Waals surface area contributed by atoms with Gasteiger partial charge in [-0.2, -0.15) is 0 Å². The van der Waals surface area contributed by atoms with Gasteiger partial charge in [-0.3, -0.25) is 19.4 Å². The highest BCUT2D eigenvalue weighted by atomic mass is 16.5. The smallest absolute Gasteiger partial charge is 0.254 e. The molecule has 2 atom stereocenters. The normalized spacial score (nSPS) is 23.6. The molecule has 2 heterocycles. The number of hydrogen-bond acceptors (Lipinski definition) is 4. The maximum absolute atomic E-state index is 12.1. The van der Waals surface area contributed by atoms with Crippen molar-refractivity contribution in [2.45, 2.75) is 91.8 Å². The summed E-state index contributed by atoms with van der Waals surface area (Å²) < 4.78 is 6.08. The quantitative estimate of drug-likeness (QED) is 0.614. The predicted octanol–water partition coefficient (Wildman–Crippen LogP) is 4.02. The second-order valence-corrected chi connectivity index (χ2v) is 11.2. The van der Waals surface area contributed by atoms with E-state index in [-0.39, 0.29) is 28.9 Å². The molecule has 2 aliphatic heterocycles. The zero-order valence-electron chi connectivity index (χ0n) is 19.2. The van der Waals surface area contributed by atoms with E-state index in [4.69, 9.17) is 4.74 Å². The van der Waals surface area contributed by atoms with E-state index in [9.17, 15) is 9.59 Å². The van der Waals surface area contributed by atoms with E-state index in [2.05, 4.69) is 46.4 Å². The number of carbonyl (C=O) groups is 2. The summed E-state index contributed by atoms with van der Waals surface area (Å²) in [6, 6.07) is 0. The Morgan fingerprint density at radius 3 is 2.14 bits per heavy atom. The van der Waals surface area contributed by atoms with E-state index in [0.717, 1.165) is 39.0 Å². The molecule has 2 rings (SSSR count). The Bertz CT molecular complexity index is 598. The second kappa shape index (κ2) is 8.27. The lowest BCUT2D eigenvalue weighted by Gasteiger charge is -2.46. The summed E-state index contributed by atoms with van der Waals surface area (Å²) in [5.41, 5.74) is -0.0583. The van der Waals surface area contributed by atoms with Gasteiger partial charge < -0.3 is 4.74 Å². The van der Waals surface area contributed by atoms with Gasteiger partial charge in [-0.25, -0.2) is 0 Å². The van der Waals surface area contributed by atoms with E-state index < -0.39 is 5.54 Å². The molecule has 2 aliphatic rings. The lowest BCUT2D eigenvalue weighted by Crippen LogP contribution is -2.54. The monoisotopic (exact) mass is 392 g/mol. The summed E-state index contributed by atoms with van der Waals surface area (Å²) in [6.07, 6.45) is 5.79. The fourth-order valence-corrected chi connectivity index (χ4v) is 5.29. The summed E-state index contributed by atoms with van der Waals surface area (Å²) in [7, 11) is 0. The Labute approximate surface area is 171 Å². The molecule has 0 spiro atoms. The Kier molecular flexibility index (Phi) is 6.82. The van der Waals surface area contributed by atoms with Gasteiger partial charge in [0, 0.05) is 36.3 Å². The van der Waals surface area contributed by atoms with Crippen LogP contribution in [0.3, 0.4) is 0 Å². The minimum Gasteiger partial charge on any atom is -0.376 e. The number of morpholine rings is 1. The Balaban J connectivity index is 1.94. The van der Waals surface area contributed by atoms with Gasteiger partial charge in [-0.15, -0.1) is 0 Å². The van der Waals surface area contributed by atoms with Crippen molar-refractivity contribution < 1.29 is 14.3 Å². The Morgan fingerprint density at radius 2 is 1.61 bits per heavy atom. The molecule has 0 aliphatic carbocycles. The van der Waals surface area contributed by atoms with E-state index in [1.54, 1.807) is 0 Å². The first-order chi connectivity index (χ1) is 12.7. The average Bonchev–Trinajstić information content (AvgIpc) is 2.84. The molecular formula is C23H40N2O3. The molecule has 0 saturated carbocycles. The van der Waals surface area contributed by atoms with Crippen LogP contribution in [0.15, 0.2) is 12.2 Å². The number of amides is 2. The molecule has 0 radical (unpaired) electrons. The summed E-state index contributed by atoms with van der Waals surface area (Å²) in [4.78, 5) is 28.1. The number of nitrogens with zero attached hydrogens (tertiary/aromatic N) is 2. The van der Waals surface area contributed by atoms with Gasteiger partial charge in [-0.05, 0) is 58.3 Å². The lowest BCUT2D eigenvalue weighted by molar-refractivity contribution is -0.143. The molecular weight excluding hydrogens is 352 g/mol. The van der Waals surface area contributed by atoms with E-state index >= 15 is 0 Å². The largest absolute Gasteiger partial charge is 0.376 e. The molecule has 0 aromatic carbocycles. The Morgan fingerprint density at radius 1 is 1.04 bits per heavy atom. The van der Waals surface area contributed by atoms with E-state index in [1.165, 1.54) is 17.1 Å². The molecule has 5 heteroatoms. The lowest BCUT2D eigenvalue weighted by atomic mass is 9.80. The minimum atomic E-state index is -0.489. The molecule has 1 unspecified atom stereocenters. The topological polar surface area (TPSA) is 49.9 Å². The fourth-order valence-electron chi connectivity index (χ4n) is 5.29. The van der Waals surface area contributed by atoms with Crippen molar-refractivity contribution in [1.82, 2.24) is 9.80 Å². The van der Waals surface area contributed by atoms with Gasteiger partial charge in [0.15, 0.2) is 0 Å². The molecule has 0 aromatic rings. The van der Waals surface area contributed by atoms with Crippen LogP contribution >= 0.6 is 0 Å². The first kappa shape index (κ1) is 23.1. The molecule has 0 N–H and O–H groups in total. The number of hydrogen-bond donors (Lipinski definition) is 0. The van der Waals surface area contributed by atoms with Crippen molar-refractivity contribution in [2.75, 3.05) is 19.7 Å². The number of rotatable bonds is 7. The highest BCUT2D eigenvalue weighted by Gasteiger charge is 2.39. The zero-order valence-corrected chi connectivity index (χ0v) is 19.2. The minimum absolute atomic E-state index is 0.142. The van der Waals surface area contributed by atoms with E-state index in [0.29, 0.717) is 5.92 Å². The van der Waals surface area contributed by atoms with Crippen LogP contribution in [0, 0.1) is 11.3 Å². The van der Waals surface area contributed by atoms with Crippen molar-refractivity contribution in [3.8, 4) is 0 Å². The fraction of sp³-hybridized carbons (Fsp3) is 0.826. The number of ether oxygens (including phenoxy) is 1. The van der Waals surface area contributed by atoms with Gasteiger partial charge >= 0.3 is 0 Å². The van der Waals surface area contributed by atoms with Crippen LogP contribution in [0.5, 0.6) is 0 Å². The summed E-state index contributed by atoms with van der Waals surface area (Å²) >= 11 is 0. The first-order valence-corrected chi connectivity index (χ1v) is 10.6. The molecule has 160 valence electrons. The van der Waals surface area contributed by atoms with Gasteiger partial charge in [-0.1, -0.05) is 27.7 Å². The van der Waals surface area contributed by atoms with Crippen LogP contribution in [0.25, 0.3) is 0 Å². The van der Waals surface area contributed by atoms with Crippen molar-refractivity contribution in [1.29, 1.82) is 0 Å². The maximum atomic E-state index is 12.1. The third-order valence-electron chi connectivity index (χ3n) is 5.89. The van der Waals surface area contributed by atoms with Gasteiger partial charge in [0.2, 0.25) is 0 Å². The highest BCUT2D eigenvalue weighted by molar-refractivity contribution is 6.13. The van der Waals surface area contributed by atoms with Crippen LogP contribution in [0.4, 0.5) is 0 Å². The Hall–Kier alpha value is -1.20. The highest BCUT2D eigenvalue weighted by Crippen LogP contribution is 2.34.